The summed E-state index contributed by atoms with van der Waals surface area (Å²) >= 11 is 0. The van der Waals surface area contributed by atoms with Crippen LogP contribution in [0.5, 0.6) is 0 Å². The summed E-state index contributed by atoms with van der Waals surface area (Å²) in [7, 11) is 0. The summed E-state index contributed by atoms with van der Waals surface area (Å²) in [5, 5.41) is 1.08. The molecule has 7 heteroatoms. The number of urea groups is 1. The molecule has 31 heavy (non-hydrogen) atoms. The van der Waals surface area contributed by atoms with E-state index in [0.717, 1.165) is 75.0 Å². The van der Waals surface area contributed by atoms with Crippen LogP contribution in [0.25, 0.3) is 10.9 Å². The molecule has 3 amide bonds. The Balaban J connectivity index is 1.31. The maximum Gasteiger partial charge on any atom is 0.328 e. The summed E-state index contributed by atoms with van der Waals surface area (Å²) in [6.07, 6.45) is 5.57. The molecule has 1 saturated carbocycles. The Morgan fingerprint density at radius 2 is 1.97 bits per heavy atom. The summed E-state index contributed by atoms with van der Waals surface area (Å²) in [5.41, 5.74) is 1.36. The van der Waals surface area contributed by atoms with Crippen LogP contribution in [-0.4, -0.2) is 76.6 Å². The van der Waals surface area contributed by atoms with Gasteiger partial charge in [-0.25, -0.2) is 4.79 Å². The number of amides is 3. The van der Waals surface area contributed by atoms with Crippen molar-refractivity contribution in [3.05, 3.63) is 42.1 Å². The number of aromatic nitrogens is 1. The fraction of sp³-hybridized carbons (Fsp3) is 0.542. The van der Waals surface area contributed by atoms with Gasteiger partial charge in [0.25, 0.3) is 5.91 Å². The summed E-state index contributed by atoms with van der Waals surface area (Å²) < 4.78 is 5.42. The molecule has 3 atom stereocenters. The van der Waals surface area contributed by atoms with Crippen molar-refractivity contribution in [2.75, 3.05) is 39.4 Å². The second-order valence-electron chi connectivity index (χ2n) is 9.29. The van der Waals surface area contributed by atoms with E-state index >= 15 is 0 Å². The standard InChI is InChI=1S/C24H28N4O3/c29-22-24-7-3-5-19(24)15-21(18-14-17-4-1-2-6-20(17)25-16-18)28(24)23(30)27(22)9-8-26-10-12-31-13-11-26/h1-2,4,6,14,16,19,21H,3,5,7-13,15H2/t19-,21+,24-/m0/s1. The van der Waals surface area contributed by atoms with Crippen LogP contribution in [0.15, 0.2) is 36.5 Å². The fourth-order valence-corrected chi connectivity index (χ4v) is 6.30. The highest BCUT2D eigenvalue weighted by atomic mass is 16.5. The molecule has 1 aromatic heterocycles. The minimum Gasteiger partial charge on any atom is -0.379 e. The number of imide groups is 1. The second kappa shape index (κ2) is 7.28. The third kappa shape index (κ3) is 2.83. The first-order valence-electron chi connectivity index (χ1n) is 11.5. The fourth-order valence-electron chi connectivity index (χ4n) is 6.30. The number of rotatable bonds is 4. The van der Waals surface area contributed by atoms with E-state index in [2.05, 4.69) is 22.0 Å². The molecule has 3 saturated heterocycles. The molecule has 2 aromatic rings. The van der Waals surface area contributed by atoms with Crippen molar-refractivity contribution < 1.29 is 14.3 Å². The van der Waals surface area contributed by atoms with E-state index in [1.165, 1.54) is 4.90 Å². The molecular formula is C24H28N4O3. The van der Waals surface area contributed by atoms with E-state index in [-0.39, 0.29) is 23.9 Å². The number of fused-ring (bicyclic) bond motifs is 1. The maximum absolute atomic E-state index is 13.7. The summed E-state index contributed by atoms with van der Waals surface area (Å²) in [5.74, 6) is 0.276. The summed E-state index contributed by atoms with van der Waals surface area (Å²) in [6, 6.07) is 10.0. The van der Waals surface area contributed by atoms with E-state index < -0.39 is 5.54 Å². The van der Waals surface area contributed by atoms with Crippen LogP contribution in [0, 0.1) is 5.92 Å². The van der Waals surface area contributed by atoms with Crippen LogP contribution in [-0.2, 0) is 9.53 Å². The topological polar surface area (TPSA) is 66.0 Å². The van der Waals surface area contributed by atoms with Crippen molar-refractivity contribution in [2.24, 2.45) is 5.92 Å². The van der Waals surface area contributed by atoms with E-state index in [1.54, 1.807) is 0 Å². The Morgan fingerprint density at radius 1 is 1.13 bits per heavy atom. The molecule has 4 aliphatic rings. The van der Waals surface area contributed by atoms with Crippen molar-refractivity contribution in [3.8, 4) is 0 Å². The molecule has 0 N–H and O–H groups in total. The highest BCUT2D eigenvalue weighted by molar-refractivity contribution is 6.08. The highest BCUT2D eigenvalue weighted by Crippen LogP contribution is 2.58. The van der Waals surface area contributed by atoms with Gasteiger partial charge in [0.1, 0.15) is 5.54 Å². The predicted molar refractivity (Wildman–Crippen MR) is 115 cm³/mol. The largest absolute Gasteiger partial charge is 0.379 e. The molecule has 162 valence electrons. The molecule has 0 radical (unpaired) electrons. The smallest absolute Gasteiger partial charge is 0.328 e. The molecule has 0 bridgehead atoms. The number of hydrogen-bond acceptors (Lipinski definition) is 5. The van der Waals surface area contributed by atoms with E-state index in [9.17, 15) is 9.59 Å². The van der Waals surface area contributed by atoms with Gasteiger partial charge in [0, 0.05) is 37.8 Å². The van der Waals surface area contributed by atoms with Crippen LogP contribution in [0.4, 0.5) is 4.79 Å². The molecule has 6 rings (SSSR count). The summed E-state index contributed by atoms with van der Waals surface area (Å²) in [4.78, 5) is 37.7. The molecule has 3 aliphatic heterocycles. The zero-order chi connectivity index (χ0) is 21.0. The first kappa shape index (κ1) is 19.2. The van der Waals surface area contributed by atoms with Gasteiger partial charge in [0.2, 0.25) is 0 Å². The van der Waals surface area contributed by atoms with Crippen LogP contribution in [0.3, 0.4) is 0 Å². The number of hydrogen-bond donors (Lipinski definition) is 0. The number of morpholine rings is 1. The van der Waals surface area contributed by atoms with Crippen molar-refractivity contribution in [2.45, 2.75) is 37.3 Å². The average molecular weight is 421 g/mol. The van der Waals surface area contributed by atoms with Gasteiger partial charge in [-0.2, -0.15) is 0 Å². The molecule has 1 aliphatic carbocycles. The van der Waals surface area contributed by atoms with Gasteiger partial charge in [-0.3, -0.25) is 19.6 Å². The average Bonchev–Trinajstić information content (AvgIpc) is 3.42. The molecule has 4 fully saturated rings. The van der Waals surface area contributed by atoms with Crippen molar-refractivity contribution in [1.29, 1.82) is 0 Å². The number of nitrogens with zero attached hydrogens (tertiary/aromatic N) is 4. The van der Waals surface area contributed by atoms with Crippen LogP contribution >= 0.6 is 0 Å². The molecular weight excluding hydrogens is 392 g/mol. The number of ether oxygens (including phenoxy) is 1. The molecule has 4 heterocycles. The first-order chi connectivity index (χ1) is 15.2. The molecule has 7 nitrogen and oxygen atoms in total. The van der Waals surface area contributed by atoms with Crippen molar-refractivity contribution >= 4 is 22.8 Å². The lowest BCUT2D eigenvalue weighted by atomic mass is 9.87. The van der Waals surface area contributed by atoms with E-state index in [0.29, 0.717) is 6.54 Å². The Kier molecular flexibility index (Phi) is 4.51. The Bertz CT molecular complexity index is 1040. The van der Waals surface area contributed by atoms with Gasteiger partial charge >= 0.3 is 6.03 Å². The Hall–Kier alpha value is -2.51. The maximum atomic E-state index is 13.7. The third-order valence-corrected chi connectivity index (χ3v) is 7.83. The Labute approximate surface area is 181 Å². The highest BCUT2D eigenvalue weighted by Gasteiger charge is 2.68. The van der Waals surface area contributed by atoms with Crippen LogP contribution in [0.2, 0.25) is 0 Å². The lowest BCUT2D eigenvalue weighted by molar-refractivity contribution is -0.133. The van der Waals surface area contributed by atoms with Crippen LogP contribution < -0.4 is 0 Å². The minimum atomic E-state index is -0.640. The van der Waals surface area contributed by atoms with E-state index in [1.807, 2.05) is 29.3 Å². The van der Waals surface area contributed by atoms with Gasteiger partial charge < -0.3 is 9.64 Å². The molecule has 1 spiro atoms. The summed E-state index contributed by atoms with van der Waals surface area (Å²) in [6.45, 7) is 4.34. The van der Waals surface area contributed by atoms with Crippen molar-refractivity contribution in [3.63, 3.8) is 0 Å². The number of carbonyl (C=O) groups is 2. The van der Waals surface area contributed by atoms with E-state index in [4.69, 9.17) is 4.74 Å². The van der Waals surface area contributed by atoms with Gasteiger partial charge in [0.15, 0.2) is 0 Å². The van der Waals surface area contributed by atoms with Crippen LogP contribution in [0.1, 0.15) is 37.3 Å². The number of para-hydroxylation sites is 1. The lowest BCUT2D eigenvalue weighted by Crippen LogP contribution is -2.48. The predicted octanol–water partition coefficient (Wildman–Crippen LogP) is 2.81. The number of pyridine rings is 1. The lowest BCUT2D eigenvalue weighted by Gasteiger charge is -2.31. The molecule has 1 aromatic carbocycles. The normalized spacial score (nSPS) is 31.0. The Morgan fingerprint density at radius 3 is 2.84 bits per heavy atom. The quantitative estimate of drug-likeness (QED) is 0.712. The second-order valence-corrected chi connectivity index (χ2v) is 9.29. The molecule has 0 unspecified atom stereocenters. The number of carbonyl (C=O) groups excluding carboxylic acids is 2. The number of benzene rings is 1. The zero-order valence-electron chi connectivity index (χ0n) is 17.7. The van der Waals surface area contributed by atoms with Gasteiger partial charge in [0.05, 0.1) is 24.8 Å². The minimum absolute atomic E-state index is 0.0320. The first-order valence-corrected chi connectivity index (χ1v) is 11.5. The SMILES string of the molecule is O=C1N(CCN2CCOCC2)C(=O)[C@]23CCC[C@H]2C[C@H](c2cnc4ccccc4c2)N13. The van der Waals surface area contributed by atoms with Gasteiger partial charge in [-0.1, -0.05) is 24.6 Å². The van der Waals surface area contributed by atoms with Gasteiger partial charge in [-0.05, 0) is 42.9 Å². The zero-order valence-corrected chi connectivity index (χ0v) is 17.7. The van der Waals surface area contributed by atoms with Crippen molar-refractivity contribution in [1.82, 2.24) is 19.7 Å². The monoisotopic (exact) mass is 420 g/mol. The third-order valence-electron chi connectivity index (χ3n) is 7.83. The van der Waals surface area contributed by atoms with Gasteiger partial charge in [-0.15, -0.1) is 0 Å².